The molecule has 0 radical (unpaired) electrons. The second-order valence-electron chi connectivity index (χ2n) is 3.80. The Morgan fingerprint density at radius 3 is 2.61 bits per heavy atom. The van der Waals surface area contributed by atoms with E-state index in [1.54, 1.807) is 7.11 Å². The zero-order chi connectivity index (χ0) is 13.0. The molecule has 0 saturated heterocycles. The second-order valence-corrected chi connectivity index (χ2v) is 4.23. The van der Waals surface area contributed by atoms with E-state index in [-0.39, 0.29) is 0 Å². The van der Waals surface area contributed by atoms with E-state index in [0.717, 1.165) is 17.2 Å². The summed E-state index contributed by atoms with van der Waals surface area (Å²) in [5.74, 6) is 1.53. The Hall–Kier alpha value is -1.43. The normalized spacial score (nSPS) is 10.8. The van der Waals surface area contributed by atoms with Gasteiger partial charge in [0.15, 0.2) is 5.82 Å². The first-order chi connectivity index (χ1) is 8.76. The molecule has 0 bridgehead atoms. The van der Waals surface area contributed by atoms with Gasteiger partial charge < -0.3 is 15.0 Å². The number of halogens is 1. The molecule has 2 N–H and O–H groups in total. The first-order valence-corrected chi connectivity index (χ1v) is 6.01. The van der Waals surface area contributed by atoms with Gasteiger partial charge in [0.1, 0.15) is 5.82 Å². The number of benzene rings is 1. The molecule has 2 aromatic rings. The van der Waals surface area contributed by atoms with Crippen molar-refractivity contribution in [2.45, 2.75) is 13.1 Å². The molecule has 0 atom stereocenters. The average Bonchev–Trinajstić information content (AvgIpc) is 2.80. The largest absolute Gasteiger partial charge is 0.383 e. The van der Waals surface area contributed by atoms with Crippen LogP contribution in [0.5, 0.6) is 0 Å². The fourth-order valence-corrected chi connectivity index (χ4v) is 1.84. The Morgan fingerprint density at radius 1 is 1.28 bits per heavy atom. The Morgan fingerprint density at radius 2 is 2.00 bits per heavy atom. The molecule has 18 heavy (non-hydrogen) atoms. The third kappa shape index (κ3) is 2.69. The van der Waals surface area contributed by atoms with Gasteiger partial charge in [-0.1, -0.05) is 11.6 Å². The van der Waals surface area contributed by atoms with Gasteiger partial charge >= 0.3 is 0 Å². The van der Waals surface area contributed by atoms with E-state index >= 15 is 0 Å². The van der Waals surface area contributed by atoms with Gasteiger partial charge in [-0.05, 0) is 24.3 Å². The molecule has 6 heteroatoms. The summed E-state index contributed by atoms with van der Waals surface area (Å²) < 4.78 is 7.05. The zero-order valence-electron chi connectivity index (χ0n) is 10.1. The van der Waals surface area contributed by atoms with Crippen LogP contribution in [-0.2, 0) is 17.8 Å². The summed E-state index contributed by atoms with van der Waals surface area (Å²) in [5.41, 5.74) is 6.61. The van der Waals surface area contributed by atoms with Crippen LogP contribution in [0, 0.1) is 0 Å². The van der Waals surface area contributed by atoms with Gasteiger partial charge in [0.25, 0.3) is 0 Å². The Labute approximate surface area is 111 Å². The minimum atomic E-state index is 0.351. The maximum atomic E-state index is 5.87. The van der Waals surface area contributed by atoms with Crippen molar-refractivity contribution in [3.8, 4) is 11.4 Å². The number of ether oxygens (including phenoxy) is 1. The minimum Gasteiger partial charge on any atom is -0.383 e. The minimum absolute atomic E-state index is 0.351. The first-order valence-electron chi connectivity index (χ1n) is 5.63. The van der Waals surface area contributed by atoms with E-state index in [2.05, 4.69) is 10.2 Å². The van der Waals surface area contributed by atoms with E-state index in [1.807, 2.05) is 28.8 Å². The highest BCUT2D eigenvalue weighted by molar-refractivity contribution is 6.30. The number of rotatable bonds is 5. The van der Waals surface area contributed by atoms with Crippen LogP contribution < -0.4 is 5.73 Å². The van der Waals surface area contributed by atoms with Crippen LogP contribution >= 0.6 is 11.6 Å². The highest BCUT2D eigenvalue weighted by Crippen LogP contribution is 2.20. The molecular formula is C12H15ClN4O. The standard InChI is InChI=1S/C12H15ClN4O/c1-18-7-6-17-11(8-14)15-16-12(17)9-2-4-10(13)5-3-9/h2-5H,6-8,14H2,1H3. The highest BCUT2D eigenvalue weighted by atomic mass is 35.5. The van der Waals surface area contributed by atoms with Crippen LogP contribution in [0.25, 0.3) is 11.4 Å². The third-order valence-corrected chi connectivity index (χ3v) is 2.88. The van der Waals surface area contributed by atoms with Gasteiger partial charge in [-0.15, -0.1) is 10.2 Å². The molecule has 1 aromatic carbocycles. The van der Waals surface area contributed by atoms with Crippen LogP contribution in [0.15, 0.2) is 24.3 Å². The molecule has 0 spiro atoms. The number of hydrogen-bond donors (Lipinski definition) is 1. The monoisotopic (exact) mass is 266 g/mol. The Kier molecular flexibility index (Phi) is 4.30. The summed E-state index contributed by atoms with van der Waals surface area (Å²) in [4.78, 5) is 0. The van der Waals surface area contributed by atoms with Gasteiger partial charge in [-0.3, -0.25) is 0 Å². The van der Waals surface area contributed by atoms with Crippen molar-refractivity contribution in [1.82, 2.24) is 14.8 Å². The average molecular weight is 267 g/mol. The molecule has 0 saturated carbocycles. The fraction of sp³-hybridized carbons (Fsp3) is 0.333. The van der Waals surface area contributed by atoms with Gasteiger partial charge in [-0.2, -0.15) is 0 Å². The predicted molar refractivity (Wildman–Crippen MR) is 70.2 cm³/mol. The van der Waals surface area contributed by atoms with Crippen molar-refractivity contribution in [3.05, 3.63) is 35.1 Å². The van der Waals surface area contributed by atoms with Crippen LogP contribution in [0.1, 0.15) is 5.82 Å². The summed E-state index contributed by atoms with van der Waals surface area (Å²) >= 11 is 5.87. The van der Waals surface area contributed by atoms with Gasteiger partial charge in [0, 0.05) is 24.2 Å². The second kappa shape index (κ2) is 5.95. The van der Waals surface area contributed by atoms with Crippen LogP contribution in [0.3, 0.4) is 0 Å². The highest BCUT2D eigenvalue weighted by Gasteiger charge is 2.12. The predicted octanol–water partition coefficient (Wildman–Crippen LogP) is 1.70. The first kappa shape index (κ1) is 13.0. The number of nitrogens with two attached hydrogens (primary N) is 1. The van der Waals surface area contributed by atoms with Crippen LogP contribution in [0.4, 0.5) is 0 Å². The molecule has 96 valence electrons. The van der Waals surface area contributed by atoms with E-state index in [0.29, 0.717) is 24.7 Å². The molecule has 2 rings (SSSR count). The lowest BCUT2D eigenvalue weighted by atomic mass is 10.2. The van der Waals surface area contributed by atoms with Crippen LogP contribution in [0.2, 0.25) is 5.02 Å². The fourth-order valence-electron chi connectivity index (χ4n) is 1.72. The third-order valence-electron chi connectivity index (χ3n) is 2.63. The summed E-state index contributed by atoms with van der Waals surface area (Å²) in [7, 11) is 1.66. The lowest BCUT2D eigenvalue weighted by Gasteiger charge is -2.08. The molecule has 0 aliphatic rings. The lowest BCUT2D eigenvalue weighted by molar-refractivity contribution is 0.186. The lowest BCUT2D eigenvalue weighted by Crippen LogP contribution is -2.12. The molecule has 1 heterocycles. The molecule has 0 aliphatic carbocycles. The number of hydrogen-bond acceptors (Lipinski definition) is 4. The van der Waals surface area contributed by atoms with Crippen molar-refractivity contribution in [1.29, 1.82) is 0 Å². The van der Waals surface area contributed by atoms with E-state index in [1.165, 1.54) is 0 Å². The van der Waals surface area contributed by atoms with E-state index in [4.69, 9.17) is 22.1 Å². The number of methoxy groups -OCH3 is 1. The van der Waals surface area contributed by atoms with Gasteiger partial charge in [0.05, 0.1) is 13.2 Å². The molecule has 0 unspecified atom stereocenters. The van der Waals surface area contributed by atoms with Crippen molar-refractivity contribution in [3.63, 3.8) is 0 Å². The van der Waals surface area contributed by atoms with Crippen molar-refractivity contribution >= 4 is 11.6 Å². The summed E-state index contributed by atoms with van der Waals surface area (Å²) in [6.07, 6.45) is 0. The van der Waals surface area contributed by atoms with E-state index in [9.17, 15) is 0 Å². The molecule has 0 aliphatic heterocycles. The molecule has 0 amide bonds. The summed E-state index contributed by atoms with van der Waals surface area (Å²) in [5, 5.41) is 8.96. The smallest absolute Gasteiger partial charge is 0.164 e. The maximum absolute atomic E-state index is 5.87. The van der Waals surface area contributed by atoms with Crippen LogP contribution in [-0.4, -0.2) is 28.5 Å². The molecule has 0 fully saturated rings. The summed E-state index contributed by atoms with van der Waals surface area (Å²) in [6, 6.07) is 7.48. The van der Waals surface area contributed by atoms with Gasteiger partial charge in [-0.25, -0.2) is 0 Å². The van der Waals surface area contributed by atoms with Crippen molar-refractivity contribution < 1.29 is 4.74 Å². The zero-order valence-corrected chi connectivity index (χ0v) is 10.9. The van der Waals surface area contributed by atoms with Crippen molar-refractivity contribution in [2.24, 2.45) is 5.73 Å². The molecular weight excluding hydrogens is 252 g/mol. The molecule has 5 nitrogen and oxygen atoms in total. The number of nitrogens with zero attached hydrogens (tertiary/aromatic N) is 3. The van der Waals surface area contributed by atoms with E-state index < -0.39 is 0 Å². The summed E-state index contributed by atoms with van der Waals surface area (Å²) in [6.45, 7) is 1.62. The quantitative estimate of drug-likeness (QED) is 0.895. The SMILES string of the molecule is COCCn1c(CN)nnc1-c1ccc(Cl)cc1. The number of aromatic nitrogens is 3. The maximum Gasteiger partial charge on any atom is 0.164 e. The topological polar surface area (TPSA) is 66.0 Å². The Balaban J connectivity index is 2.37. The Bertz CT molecular complexity index is 509. The molecule has 1 aromatic heterocycles. The van der Waals surface area contributed by atoms with Crippen molar-refractivity contribution in [2.75, 3.05) is 13.7 Å². The van der Waals surface area contributed by atoms with Gasteiger partial charge in [0.2, 0.25) is 0 Å².